The molecule has 0 atom stereocenters. The molecule has 24 heavy (non-hydrogen) atoms. The van der Waals surface area contributed by atoms with Gasteiger partial charge in [0.2, 0.25) is 0 Å². The average Bonchev–Trinajstić information content (AvgIpc) is 2.50. The molecule has 4 nitrogen and oxygen atoms in total. The Labute approximate surface area is 138 Å². The number of nitrogens with zero attached hydrogens (tertiary/aromatic N) is 1. The molecule has 0 spiro atoms. The number of alkyl halides is 3. The number of hydrazone groups is 1. The van der Waals surface area contributed by atoms with Crippen molar-refractivity contribution in [2.24, 2.45) is 5.10 Å². The molecular weight excluding hydrogens is 352 g/mol. The van der Waals surface area contributed by atoms with Crippen LogP contribution in [0.5, 0.6) is 5.75 Å². The summed E-state index contributed by atoms with van der Waals surface area (Å²) < 4.78 is 51.1. The number of phenolic OH excluding ortho intramolecular Hbond substituents is 1. The van der Waals surface area contributed by atoms with Crippen molar-refractivity contribution in [2.45, 2.75) is 6.18 Å². The van der Waals surface area contributed by atoms with Crippen molar-refractivity contribution in [3.63, 3.8) is 0 Å². The van der Waals surface area contributed by atoms with Crippen molar-refractivity contribution in [2.75, 3.05) is 0 Å². The van der Waals surface area contributed by atoms with E-state index in [0.717, 1.165) is 18.3 Å². The summed E-state index contributed by atoms with van der Waals surface area (Å²) in [7, 11) is 0. The number of halogens is 5. The van der Waals surface area contributed by atoms with Crippen LogP contribution < -0.4 is 5.43 Å². The van der Waals surface area contributed by atoms with Crippen molar-refractivity contribution in [1.82, 2.24) is 5.43 Å². The average molecular weight is 361 g/mol. The molecule has 0 aliphatic carbocycles. The van der Waals surface area contributed by atoms with Gasteiger partial charge < -0.3 is 5.11 Å². The fraction of sp³-hybridized carbons (Fsp3) is 0.0667. The van der Waals surface area contributed by atoms with Crippen LogP contribution in [0.2, 0.25) is 5.02 Å². The van der Waals surface area contributed by atoms with Gasteiger partial charge in [0.05, 0.1) is 16.8 Å². The lowest BCUT2D eigenvalue weighted by Gasteiger charge is -2.09. The summed E-state index contributed by atoms with van der Waals surface area (Å²) in [6.45, 7) is 0. The Hall–Kier alpha value is -2.61. The zero-order valence-corrected chi connectivity index (χ0v) is 12.5. The summed E-state index contributed by atoms with van der Waals surface area (Å²) in [5, 5.41) is 12.6. The van der Waals surface area contributed by atoms with Gasteiger partial charge in [-0.2, -0.15) is 18.3 Å². The molecule has 1 amide bonds. The molecule has 2 N–H and O–H groups in total. The van der Waals surface area contributed by atoms with Crippen molar-refractivity contribution >= 4 is 23.7 Å². The third kappa shape index (κ3) is 4.23. The summed E-state index contributed by atoms with van der Waals surface area (Å²) >= 11 is 5.54. The number of nitrogens with one attached hydrogen (secondary N) is 1. The van der Waals surface area contributed by atoms with Crippen LogP contribution in [0, 0.1) is 5.82 Å². The first-order valence-electron chi connectivity index (χ1n) is 6.37. The first-order chi connectivity index (χ1) is 11.2. The molecule has 2 aromatic rings. The smallest absolute Gasteiger partial charge is 0.416 e. The lowest BCUT2D eigenvalue weighted by Crippen LogP contribution is -2.17. The van der Waals surface area contributed by atoms with Gasteiger partial charge in [-0.15, -0.1) is 0 Å². The molecule has 2 rings (SSSR count). The fourth-order valence-electron chi connectivity index (χ4n) is 1.74. The van der Waals surface area contributed by atoms with E-state index in [1.807, 2.05) is 5.43 Å². The second kappa shape index (κ2) is 6.88. The molecule has 0 fully saturated rings. The number of benzene rings is 2. The summed E-state index contributed by atoms with van der Waals surface area (Å²) in [4.78, 5) is 11.7. The first-order valence-corrected chi connectivity index (χ1v) is 6.75. The number of carbonyl (C=O) groups is 1. The molecule has 0 aliphatic heterocycles. The molecule has 0 aromatic heterocycles. The maximum atomic E-state index is 13.0. The van der Waals surface area contributed by atoms with Gasteiger partial charge >= 0.3 is 6.18 Å². The Morgan fingerprint density at radius 3 is 2.58 bits per heavy atom. The number of aromatic hydroxyl groups is 1. The third-order valence-electron chi connectivity index (χ3n) is 2.88. The van der Waals surface area contributed by atoms with Gasteiger partial charge in [0.1, 0.15) is 11.6 Å². The summed E-state index contributed by atoms with van der Waals surface area (Å²) in [5.41, 5.74) is 0.560. The minimum Gasteiger partial charge on any atom is -0.506 e. The van der Waals surface area contributed by atoms with Gasteiger partial charge in [0.15, 0.2) is 0 Å². The first kappa shape index (κ1) is 17.7. The quantitative estimate of drug-likeness (QED) is 0.494. The Balaban J connectivity index is 2.20. The zero-order valence-electron chi connectivity index (χ0n) is 11.7. The number of carbonyl (C=O) groups excluding carboxylic acids is 1. The fourth-order valence-corrected chi connectivity index (χ4v) is 1.96. The normalized spacial score (nSPS) is 11.7. The van der Waals surface area contributed by atoms with Crippen LogP contribution in [0.1, 0.15) is 21.5 Å². The van der Waals surface area contributed by atoms with Crippen LogP contribution in [0.3, 0.4) is 0 Å². The molecule has 0 saturated heterocycles. The minimum atomic E-state index is -4.66. The van der Waals surface area contributed by atoms with Crippen LogP contribution in [0.4, 0.5) is 17.6 Å². The van der Waals surface area contributed by atoms with E-state index < -0.39 is 34.2 Å². The van der Waals surface area contributed by atoms with E-state index in [1.54, 1.807) is 0 Å². The monoisotopic (exact) mass is 360 g/mol. The molecule has 0 saturated carbocycles. The molecule has 2 aromatic carbocycles. The maximum Gasteiger partial charge on any atom is 0.416 e. The highest BCUT2D eigenvalue weighted by molar-refractivity contribution is 6.32. The summed E-state index contributed by atoms with van der Waals surface area (Å²) in [6.07, 6.45) is -3.86. The number of hydrogen-bond donors (Lipinski definition) is 2. The Morgan fingerprint density at radius 2 is 1.96 bits per heavy atom. The maximum absolute atomic E-state index is 13.0. The van der Waals surface area contributed by atoms with Gasteiger partial charge in [-0.3, -0.25) is 4.79 Å². The van der Waals surface area contributed by atoms with Crippen LogP contribution in [0.25, 0.3) is 0 Å². The molecule has 0 bridgehead atoms. The van der Waals surface area contributed by atoms with E-state index in [1.165, 1.54) is 12.1 Å². The van der Waals surface area contributed by atoms with Crippen molar-refractivity contribution in [1.29, 1.82) is 0 Å². The predicted molar refractivity (Wildman–Crippen MR) is 79.6 cm³/mol. The largest absolute Gasteiger partial charge is 0.506 e. The van der Waals surface area contributed by atoms with Crippen LogP contribution >= 0.6 is 11.6 Å². The Morgan fingerprint density at radius 1 is 1.25 bits per heavy atom. The summed E-state index contributed by atoms with van der Waals surface area (Å²) in [6, 6.07) is 5.93. The highest BCUT2D eigenvalue weighted by Gasteiger charge is 2.32. The SMILES string of the molecule is O=C(N/N=C/c1cc(C(F)(F)F)cc(Cl)c1O)c1cccc(F)c1. The van der Waals surface area contributed by atoms with E-state index in [-0.39, 0.29) is 11.1 Å². The highest BCUT2D eigenvalue weighted by atomic mass is 35.5. The van der Waals surface area contributed by atoms with Gasteiger partial charge in [0, 0.05) is 11.1 Å². The Bertz CT molecular complexity index is 807. The van der Waals surface area contributed by atoms with Crippen molar-refractivity contribution in [3.8, 4) is 5.75 Å². The minimum absolute atomic E-state index is 0.0292. The van der Waals surface area contributed by atoms with Gasteiger partial charge in [-0.1, -0.05) is 17.7 Å². The predicted octanol–water partition coefficient (Wildman–Crippen LogP) is 3.97. The topological polar surface area (TPSA) is 61.7 Å². The molecule has 0 heterocycles. The molecule has 0 aliphatic rings. The number of phenols is 1. The second-order valence-electron chi connectivity index (χ2n) is 4.60. The van der Waals surface area contributed by atoms with Crippen molar-refractivity contribution in [3.05, 3.63) is 63.9 Å². The van der Waals surface area contributed by atoms with Crippen LogP contribution in [-0.4, -0.2) is 17.2 Å². The number of hydrogen-bond acceptors (Lipinski definition) is 3. The van der Waals surface area contributed by atoms with E-state index in [2.05, 4.69) is 5.10 Å². The lowest BCUT2D eigenvalue weighted by atomic mass is 10.1. The van der Waals surface area contributed by atoms with Crippen LogP contribution in [0.15, 0.2) is 41.5 Å². The van der Waals surface area contributed by atoms with Gasteiger partial charge in [-0.25, -0.2) is 9.82 Å². The van der Waals surface area contributed by atoms with E-state index in [9.17, 15) is 27.5 Å². The summed E-state index contributed by atoms with van der Waals surface area (Å²) in [5.74, 6) is -2.02. The van der Waals surface area contributed by atoms with E-state index >= 15 is 0 Å². The molecule has 0 unspecified atom stereocenters. The molecule has 9 heteroatoms. The molecular formula is C15H9ClF4N2O2. The van der Waals surface area contributed by atoms with E-state index in [4.69, 9.17) is 11.6 Å². The second-order valence-corrected chi connectivity index (χ2v) is 5.01. The molecule has 126 valence electrons. The van der Waals surface area contributed by atoms with E-state index in [0.29, 0.717) is 12.1 Å². The third-order valence-corrected chi connectivity index (χ3v) is 3.16. The molecule has 0 radical (unpaired) electrons. The van der Waals surface area contributed by atoms with Crippen molar-refractivity contribution < 1.29 is 27.5 Å². The van der Waals surface area contributed by atoms with Gasteiger partial charge in [-0.05, 0) is 30.3 Å². The highest BCUT2D eigenvalue weighted by Crippen LogP contribution is 2.36. The number of amides is 1. The van der Waals surface area contributed by atoms with Crippen LogP contribution in [-0.2, 0) is 6.18 Å². The lowest BCUT2D eigenvalue weighted by molar-refractivity contribution is -0.137. The van der Waals surface area contributed by atoms with Gasteiger partial charge in [0.25, 0.3) is 5.91 Å². The number of rotatable bonds is 3. The standard InChI is InChI=1S/C15H9ClF4N2O2/c16-12-6-10(15(18,19)20)4-9(13(12)23)7-21-22-14(24)8-2-1-3-11(17)5-8/h1-7,23H,(H,22,24)/b21-7+. The zero-order chi connectivity index (χ0) is 17.9. The Kier molecular flexibility index (Phi) is 5.08.